The summed E-state index contributed by atoms with van der Waals surface area (Å²) in [6.07, 6.45) is 0.604. The zero-order valence-corrected chi connectivity index (χ0v) is 10.8. The predicted octanol–water partition coefficient (Wildman–Crippen LogP) is -1.34. The third kappa shape index (κ3) is 2.28. The molecule has 3 amide bonds. The molecule has 3 N–H and O–H groups in total. The molecular weight excluding hydrogens is 250 g/mol. The summed E-state index contributed by atoms with van der Waals surface area (Å²) >= 11 is 0. The Labute approximate surface area is 109 Å². The topological polar surface area (TPSA) is 110 Å². The summed E-state index contributed by atoms with van der Waals surface area (Å²) in [5, 5.41) is 6.28. The van der Waals surface area contributed by atoms with Gasteiger partial charge in [0.15, 0.2) is 0 Å². The number of nitrogens with zero attached hydrogens (tertiary/aromatic N) is 3. The fourth-order valence-electron chi connectivity index (χ4n) is 2.04. The molecule has 0 bridgehead atoms. The Morgan fingerprint density at radius 1 is 1.37 bits per heavy atom. The highest BCUT2D eigenvalue weighted by Gasteiger charge is 2.30. The highest BCUT2D eigenvalue weighted by Crippen LogP contribution is 2.19. The molecule has 1 aromatic rings. The van der Waals surface area contributed by atoms with Crippen molar-refractivity contribution < 1.29 is 14.4 Å². The molecule has 0 radical (unpaired) electrons. The molecule has 1 aliphatic rings. The number of nitrogens with two attached hydrogens (primary N) is 1. The number of amides is 3. The predicted molar refractivity (Wildman–Crippen MR) is 66.1 cm³/mol. The van der Waals surface area contributed by atoms with Gasteiger partial charge in [0.1, 0.15) is 18.8 Å². The van der Waals surface area contributed by atoms with E-state index in [0.29, 0.717) is 17.8 Å². The van der Waals surface area contributed by atoms with E-state index in [2.05, 4.69) is 10.4 Å². The average Bonchev–Trinajstić information content (AvgIpc) is 2.62. The highest BCUT2D eigenvalue weighted by molar-refractivity contribution is 6.06. The zero-order valence-electron chi connectivity index (χ0n) is 10.8. The molecular formula is C11H15N5O3. The number of hydrogen-bond donors (Lipinski definition) is 2. The van der Waals surface area contributed by atoms with E-state index >= 15 is 0 Å². The van der Waals surface area contributed by atoms with Crippen molar-refractivity contribution in [2.75, 3.05) is 18.8 Å². The highest BCUT2D eigenvalue weighted by atomic mass is 16.2. The summed E-state index contributed by atoms with van der Waals surface area (Å²) in [6.45, 7) is 1.57. The molecule has 0 atom stereocenters. The SMILES string of the molecule is CCc1nn(C)c(C(=O)N2CC(=O)NC(=O)C2)c1N. The van der Waals surface area contributed by atoms with E-state index in [1.54, 1.807) is 7.05 Å². The normalized spacial score (nSPS) is 15.6. The maximum absolute atomic E-state index is 12.3. The van der Waals surface area contributed by atoms with Crippen LogP contribution in [0.1, 0.15) is 23.1 Å². The van der Waals surface area contributed by atoms with Crippen LogP contribution in [0, 0.1) is 0 Å². The van der Waals surface area contributed by atoms with Crippen LogP contribution >= 0.6 is 0 Å². The minimum Gasteiger partial charge on any atom is -0.395 e. The van der Waals surface area contributed by atoms with Gasteiger partial charge in [-0.15, -0.1) is 0 Å². The van der Waals surface area contributed by atoms with E-state index < -0.39 is 17.7 Å². The lowest BCUT2D eigenvalue weighted by Gasteiger charge is -2.25. The first kappa shape index (κ1) is 13.1. The first-order valence-electron chi connectivity index (χ1n) is 5.87. The zero-order chi connectivity index (χ0) is 14.2. The number of aromatic nitrogens is 2. The van der Waals surface area contributed by atoms with Gasteiger partial charge in [-0.1, -0.05) is 6.92 Å². The van der Waals surface area contributed by atoms with Crippen LogP contribution in [0.3, 0.4) is 0 Å². The lowest BCUT2D eigenvalue weighted by atomic mass is 10.2. The van der Waals surface area contributed by atoms with E-state index in [9.17, 15) is 14.4 Å². The van der Waals surface area contributed by atoms with Gasteiger partial charge in [0.25, 0.3) is 5.91 Å². The van der Waals surface area contributed by atoms with Crippen LogP contribution in [0.15, 0.2) is 0 Å². The minimum atomic E-state index is -0.499. The monoisotopic (exact) mass is 265 g/mol. The van der Waals surface area contributed by atoms with Crippen molar-refractivity contribution in [3.63, 3.8) is 0 Å². The average molecular weight is 265 g/mol. The Bertz CT molecular complexity index is 547. The molecule has 0 saturated carbocycles. The van der Waals surface area contributed by atoms with Crippen LogP contribution in [-0.2, 0) is 23.1 Å². The smallest absolute Gasteiger partial charge is 0.275 e. The maximum atomic E-state index is 12.3. The fourth-order valence-corrected chi connectivity index (χ4v) is 2.04. The molecule has 19 heavy (non-hydrogen) atoms. The van der Waals surface area contributed by atoms with Gasteiger partial charge < -0.3 is 10.6 Å². The number of rotatable bonds is 2. The maximum Gasteiger partial charge on any atom is 0.275 e. The quantitative estimate of drug-likeness (QED) is 0.643. The molecule has 1 fully saturated rings. The number of imide groups is 1. The summed E-state index contributed by atoms with van der Waals surface area (Å²) in [5.74, 6) is -1.46. The molecule has 102 valence electrons. The van der Waals surface area contributed by atoms with Crippen molar-refractivity contribution in [1.29, 1.82) is 0 Å². The first-order chi connectivity index (χ1) is 8.93. The lowest BCUT2D eigenvalue weighted by molar-refractivity contribution is -0.135. The van der Waals surface area contributed by atoms with Crippen LogP contribution in [0.5, 0.6) is 0 Å². The third-order valence-electron chi connectivity index (χ3n) is 2.93. The van der Waals surface area contributed by atoms with Gasteiger partial charge in [0.2, 0.25) is 11.8 Å². The standard InChI is InChI=1S/C11H15N5O3/c1-3-6-9(12)10(15(2)14-6)11(19)16-4-7(17)13-8(18)5-16/h3-5,12H2,1-2H3,(H,13,17,18). The van der Waals surface area contributed by atoms with Crippen molar-refractivity contribution in [2.24, 2.45) is 7.05 Å². The Balaban J connectivity index is 2.31. The van der Waals surface area contributed by atoms with E-state index in [4.69, 9.17) is 5.73 Å². The largest absolute Gasteiger partial charge is 0.395 e. The molecule has 0 aromatic carbocycles. The lowest BCUT2D eigenvalue weighted by Crippen LogP contribution is -2.53. The molecule has 1 aliphatic heterocycles. The van der Waals surface area contributed by atoms with E-state index in [-0.39, 0.29) is 18.8 Å². The molecule has 0 spiro atoms. The second-order valence-corrected chi connectivity index (χ2v) is 4.32. The number of carbonyl (C=O) groups is 3. The Kier molecular flexibility index (Phi) is 3.24. The summed E-state index contributed by atoms with van der Waals surface area (Å²) in [7, 11) is 1.61. The van der Waals surface area contributed by atoms with Crippen molar-refractivity contribution in [1.82, 2.24) is 20.0 Å². The van der Waals surface area contributed by atoms with Gasteiger partial charge in [0, 0.05) is 7.05 Å². The van der Waals surface area contributed by atoms with E-state index in [0.717, 1.165) is 4.90 Å². The van der Waals surface area contributed by atoms with Gasteiger partial charge in [-0.25, -0.2) is 0 Å². The van der Waals surface area contributed by atoms with Crippen LogP contribution < -0.4 is 11.1 Å². The summed E-state index contributed by atoms with van der Waals surface area (Å²) in [5.41, 5.74) is 7.01. The van der Waals surface area contributed by atoms with Gasteiger partial charge in [-0.3, -0.25) is 24.4 Å². The van der Waals surface area contributed by atoms with Crippen LogP contribution in [-0.4, -0.2) is 45.5 Å². The van der Waals surface area contributed by atoms with Crippen molar-refractivity contribution >= 4 is 23.4 Å². The van der Waals surface area contributed by atoms with Gasteiger partial charge in [-0.2, -0.15) is 5.10 Å². The second kappa shape index (κ2) is 4.71. The van der Waals surface area contributed by atoms with Crippen LogP contribution in [0.25, 0.3) is 0 Å². The van der Waals surface area contributed by atoms with Crippen molar-refractivity contribution in [3.05, 3.63) is 11.4 Å². The fraction of sp³-hybridized carbons (Fsp3) is 0.455. The number of anilines is 1. The molecule has 1 aromatic heterocycles. The first-order valence-corrected chi connectivity index (χ1v) is 5.87. The molecule has 2 rings (SSSR count). The van der Waals surface area contributed by atoms with Gasteiger partial charge >= 0.3 is 0 Å². The van der Waals surface area contributed by atoms with E-state index in [1.165, 1.54) is 4.68 Å². The number of aryl methyl sites for hydroxylation is 2. The molecule has 1 saturated heterocycles. The Morgan fingerprint density at radius 2 is 1.95 bits per heavy atom. The van der Waals surface area contributed by atoms with Crippen molar-refractivity contribution in [2.45, 2.75) is 13.3 Å². The number of piperazine rings is 1. The number of carbonyl (C=O) groups excluding carboxylic acids is 3. The minimum absolute atomic E-state index is 0.156. The van der Waals surface area contributed by atoms with Crippen LogP contribution in [0.2, 0.25) is 0 Å². The van der Waals surface area contributed by atoms with Gasteiger partial charge in [0.05, 0.1) is 11.4 Å². The van der Waals surface area contributed by atoms with E-state index in [1.807, 2.05) is 6.92 Å². The second-order valence-electron chi connectivity index (χ2n) is 4.32. The molecule has 8 heteroatoms. The molecule has 0 aliphatic carbocycles. The molecule has 2 heterocycles. The summed E-state index contributed by atoms with van der Waals surface area (Å²) in [6, 6.07) is 0. The van der Waals surface area contributed by atoms with Gasteiger partial charge in [-0.05, 0) is 6.42 Å². The summed E-state index contributed by atoms with van der Waals surface area (Å²) in [4.78, 5) is 36.0. The number of hydrogen-bond acceptors (Lipinski definition) is 5. The molecule has 0 unspecified atom stereocenters. The number of nitrogens with one attached hydrogen (secondary N) is 1. The molecule has 8 nitrogen and oxygen atoms in total. The van der Waals surface area contributed by atoms with Crippen molar-refractivity contribution in [3.8, 4) is 0 Å². The van der Waals surface area contributed by atoms with Crippen LogP contribution in [0.4, 0.5) is 5.69 Å². The number of nitrogen functional groups attached to an aromatic ring is 1. The summed E-state index contributed by atoms with van der Waals surface area (Å²) < 4.78 is 1.38. The Hall–Kier alpha value is -2.38. The third-order valence-corrected chi connectivity index (χ3v) is 2.93. The Morgan fingerprint density at radius 3 is 2.42 bits per heavy atom.